The van der Waals surface area contributed by atoms with Crippen LogP contribution < -0.4 is 10.2 Å². The smallest absolute Gasteiger partial charge is 0.225 e. The molecule has 1 aromatic rings. The summed E-state index contributed by atoms with van der Waals surface area (Å²) in [7, 11) is 0. The highest BCUT2D eigenvalue weighted by Gasteiger charge is 2.34. The third kappa shape index (κ3) is 5.45. The first-order valence-electron chi connectivity index (χ1n) is 10.1. The summed E-state index contributed by atoms with van der Waals surface area (Å²) in [5.41, 5.74) is 1.28. The number of hydrogen-bond donors (Lipinski definition) is 1. The van der Waals surface area contributed by atoms with Crippen molar-refractivity contribution >= 4 is 17.5 Å². The van der Waals surface area contributed by atoms with Crippen LogP contribution in [0, 0.1) is 11.8 Å². The van der Waals surface area contributed by atoms with E-state index in [-0.39, 0.29) is 17.7 Å². The summed E-state index contributed by atoms with van der Waals surface area (Å²) in [6.45, 7) is 11.1. The molecule has 6 heteroatoms. The molecule has 1 aromatic carbocycles. The summed E-state index contributed by atoms with van der Waals surface area (Å²) in [6.07, 6.45) is 0.355. The van der Waals surface area contributed by atoms with Crippen molar-refractivity contribution in [1.82, 2.24) is 15.1 Å². The Balaban J connectivity index is 1.35. The zero-order chi connectivity index (χ0) is 19.2. The number of rotatable bonds is 7. The molecule has 2 saturated heterocycles. The summed E-state index contributed by atoms with van der Waals surface area (Å²) in [5, 5.41) is 3.04. The molecular weight excluding hydrogens is 340 g/mol. The van der Waals surface area contributed by atoms with Crippen LogP contribution in [0.25, 0.3) is 0 Å². The van der Waals surface area contributed by atoms with Gasteiger partial charge in [-0.3, -0.25) is 14.5 Å². The SMILES string of the molecule is CC(C)CN1C[C@H](C(=O)NCCN2CCN(c3ccccc3)CC2)CC1=O. The average molecular weight is 373 g/mol. The van der Waals surface area contributed by atoms with Crippen molar-refractivity contribution in [3.63, 3.8) is 0 Å². The Hall–Kier alpha value is -2.08. The van der Waals surface area contributed by atoms with Crippen LogP contribution in [0.5, 0.6) is 0 Å². The van der Waals surface area contributed by atoms with Gasteiger partial charge < -0.3 is 15.1 Å². The number of benzene rings is 1. The normalized spacial score (nSPS) is 21.1. The third-order valence-corrected chi connectivity index (χ3v) is 5.39. The molecule has 1 N–H and O–H groups in total. The molecule has 0 unspecified atom stereocenters. The van der Waals surface area contributed by atoms with Crippen molar-refractivity contribution in [1.29, 1.82) is 0 Å². The highest BCUT2D eigenvalue weighted by Crippen LogP contribution is 2.19. The first-order valence-corrected chi connectivity index (χ1v) is 10.1. The second-order valence-electron chi connectivity index (χ2n) is 8.05. The molecule has 0 bridgehead atoms. The fourth-order valence-corrected chi connectivity index (χ4v) is 3.92. The quantitative estimate of drug-likeness (QED) is 0.787. The molecule has 27 heavy (non-hydrogen) atoms. The number of carbonyl (C=O) groups excluding carboxylic acids is 2. The Morgan fingerprint density at radius 2 is 1.85 bits per heavy atom. The second kappa shape index (κ2) is 9.22. The average Bonchev–Trinajstić information content (AvgIpc) is 3.03. The van der Waals surface area contributed by atoms with Crippen molar-refractivity contribution in [2.45, 2.75) is 20.3 Å². The van der Waals surface area contributed by atoms with E-state index < -0.39 is 0 Å². The van der Waals surface area contributed by atoms with E-state index in [1.54, 1.807) is 0 Å². The summed E-state index contributed by atoms with van der Waals surface area (Å²) >= 11 is 0. The van der Waals surface area contributed by atoms with E-state index in [1.165, 1.54) is 5.69 Å². The van der Waals surface area contributed by atoms with Gasteiger partial charge >= 0.3 is 0 Å². The Morgan fingerprint density at radius 1 is 1.15 bits per heavy atom. The molecule has 6 nitrogen and oxygen atoms in total. The highest BCUT2D eigenvalue weighted by atomic mass is 16.2. The fourth-order valence-electron chi connectivity index (χ4n) is 3.92. The van der Waals surface area contributed by atoms with Gasteiger partial charge in [0.05, 0.1) is 5.92 Å². The molecule has 2 fully saturated rings. The van der Waals surface area contributed by atoms with E-state index in [4.69, 9.17) is 0 Å². The predicted molar refractivity (Wildman–Crippen MR) is 108 cm³/mol. The summed E-state index contributed by atoms with van der Waals surface area (Å²) < 4.78 is 0. The molecule has 0 aliphatic carbocycles. The van der Waals surface area contributed by atoms with Crippen LogP contribution in [0.3, 0.4) is 0 Å². The molecule has 0 saturated carbocycles. The van der Waals surface area contributed by atoms with E-state index in [2.05, 4.69) is 53.2 Å². The molecule has 0 spiro atoms. The van der Waals surface area contributed by atoms with Gasteiger partial charge in [0.15, 0.2) is 0 Å². The molecule has 1 atom stereocenters. The van der Waals surface area contributed by atoms with Crippen LogP contribution in [0.2, 0.25) is 0 Å². The van der Waals surface area contributed by atoms with Gasteiger partial charge in [-0.05, 0) is 18.1 Å². The highest BCUT2D eigenvalue weighted by molar-refractivity contribution is 5.89. The number of carbonyl (C=O) groups is 2. The van der Waals surface area contributed by atoms with Crippen LogP contribution in [0.1, 0.15) is 20.3 Å². The lowest BCUT2D eigenvalue weighted by molar-refractivity contribution is -0.129. The van der Waals surface area contributed by atoms with Gasteiger partial charge in [-0.25, -0.2) is 0 Å². The summed E-state index contributed by atoms with van der Waals surface area (Å²) in [4.78, 5) is 31.0. The van der Waals surface area contributed by atoms with Gasteiger partial charge in [-0.1, -0.05) is 32.0 Å². The van der Waals surface area contributed by atoms with Gasteiger partial charge in [0.1, 0.15) is 0 Å². The number of amides is 2. The van der Waals surface area contributed by atoms with E-state index in [0.717, 1.165) is 39.3 Å². The molecule has 0 aromatic heterocycles. The minimum atomic E-state index is -0.189. The van der Waals surface area contributed by atoms with Crippen molar-refractivity contribution < 1.29 is 9.59 Å². The van der Waals surface area contributed by atoms with E-state index >= 15 is 0 Å². The zero-order valence-electron chi connectivity index (χ0n) is 16.6. The van der Waals surface area contributed by atoms with Crippen LogP contribution >= 0.6 is 0 Å². The molecule has 0 radical (unpaired) electrons. The second-order valence-corrected chi connectivity index (χ2v) is 8.05. The summed E-state index contributed by atoms with van der Waals surface area (Å²) in [6, 6.07) is 10.5. The maximum Gasteiger partial charge on any atom is 0.225 e. The van der Waals surface area contributed by atoms with Crippen molar-refractivity contribution in [3.05, 3.63) is 30.3 Å². The van der Waals surface area contributed by atoms with E-state index in [0.29, 0.717) is 25.4 Å². The lowest BCUT2D eigenvalue weighted by Gasteiger charge is -2.36. The van der Waals surface area contributed by atoms with Crippen LogP contribution in [0.15, 0.2) is 30.3 Å². The van der Waals surface area contributed by atoms with Gasteiger partial charge in [0.25, 0.3) is 0 Å². The standard InChI is InChI=1S/C21H32N4O2/c1-17(2)15-25-16-18(14-20(25)26)21(27)22-8-9-23-10-12-24(13-11-23)19-6-4-3-5-7-19/h3-7,17-18H,8-16H2,1-2H3,(H,22,27)/t18-/m1/s1. The Bertz CT molecular complexity index is 626. The molecule has 2 heterocycles. The van der Waals surface area contributed by atoms with Crippen LogP contribution in [-0.2, 0) is 9.59 Å². The molecule has 3 rings (SSSR count). The van der Waals surface area contributed by atoms with Crippen LogP contribution in [0.4, 0.5) is 5.69 Å². The molecule has 2 amide bonds. The first kappa shape index (κ1) is 19.7. The lowest BCUT2D eigenvalue weighted by atomic mass is 10.1. The Morgan fingerprint density at radius 3 is 2.52 bits per heavy atom. The van der Waals surface area contributed by atoms with E-state index in [1.807, 2.05) is 11.0 Å². The minimum Gasteiger partial charge on any atom is -0.369 e. The molecule has 2 aliphatic heterocycles. The number of hydrogen-bond acceptors (Lipinski definition) is 4. The number of piperazine rings is 1. The largest absolute Gasteiger partial charge is 0.369 e. The molecule has 2 aliphatic rings. The lowest BCUT2D eigenvalue weighted by Crippen LogP contribution is -2.48. The maximum absolute atomic E-state index is 12.4. The van der Waals surface area contributed by atoms with Gasteiger partial charge in [0, 0.05) is 64.5 Å². The van der Waals surface area contributed by atoms with Crippen molar-refractivity contribution in [2.24, 2.45) is 11.8 Å². The molecule has 148 valence electrons. The number of likely N-dealkylation sites (tertiary alicyclic amines) is 1. The minimum absolute atomic E-state index is 0.0255. The number of anilines is 1. The van der Waals surface area contributed by atoms with Gasteiger partial charge in [-0.15, -0.1) is 0 Å². The van der Waals surface area contributed by atoms with Crippen molar-refractivity contribution in [3.8, 4) is 0 Å². The predicted octanol–water partition coefficient (Wildman–Crippen LogP) is 1.43. The number of para-hydroxylation sites is 1. The monoisotopic (exact) mass is 372 g/mol. The van der Waals surface area contributed by atoms with Gasteiger partial charge in [-0.2, -0.15) is 0 Å². The summed E-state index contributed by atoms with van der Waals surface area (Å²) in [5.74, 6) is 0.384. The third-order valence-electron chi connectivity index (χ3n) is 5.39. The number of nitrogens with zero attached hydrogens (tertiary/aromatic N) is 3. The topological polar surface area (TPSA) is 55.9 Å². The van der Waals surface area contributed by atoms with Crippen LogP contribution in [-0.4, -0.2) is 74.0 Å². The Labute approximate surface area is 162 Å². The number of nitrogens with one attached hydrogen (secondary N) is 1. The van der Waals surface area contributed by atoms with Crippen molar-refractivity contribution in [2.75, 3.05) is 57.3 Å². The maximum atomic E-state index is 12.4. The van der Waals surface area contributed by atoms with Gasteiger partial charge in [0.2, 0.25) is 11.8 Å². The fraction of sp³-hybridized carbons (Fsp3) is 0.619. The Kier molecular flexibility index (Phi) is 6.72. The zero-order valence-corrected chi connectivity index (χ0v) is 16.6. The first-order chi connectivity index (χ1) is 13.0. The van der Waals surface area contributed by atoms with E-state index in [9.17, 15) is 9.59 Å². The molecular formula is C21H32N4O2.